The van der Waals surface area contributed by atoms with E-state index in [1.807, 2.05) is 22.4 Å². The number of hydrogen-bond acceptors (Lipinski definition) is 5. The van der Waals surface area contributed by atoms with Gasteiger partial charge in [0.1, 0.15) is 6.04 Å². The molecule has 0 spiro atoms. The second-order valence-electron chi connectivity index (χ2n) is 7.65. The number of thiophene rings is 1. The molecule has 162 valence electrons. The first kappa shape index (κ1) is 21.5. The molecule has 2 amide bonds. The van der Waals surface area contributed by atoms with Crippen LogP contribution in [0.1, 0.15) is 49.0 Å². The molecule has 3 aromatic rings. The van der Waals surface area contributed by atoms with Crippen LogP contribution in [0.15, 0.2) is 41.8 Å². The average molecular weight is 456 g/mol. The SMILES string of the molecule is CC(C(=O)Nc1ccc(C(=O)N2CCCCCC2)cc1)n1c(-c2cccs2)n[nH]c1=S. The lowest BCUT2D eigenvalue weighted by molar-refractivity contribution is -0.118. The van der Waals surface area contributed by atoms with Crippen molar-refractivity contribution in [2.24, 2.45) is 0 Å². The number of H-pyrrole nitrogens is 1. The summed E-state index contributed by atoms with van der Waals surface area (Å²) in [5.41, 5.74) is 1.28. The van der Waals surface area contributed by atoms with Crippen LogP contribution in [0, 0.1) is 4.77 Å². The standard InChI is InChI=1S/C22H25N5O2S2/c1-15(27-19(24-25-22(27)30)18-7-6-14-31-18)20(28)23-17-10-8-16(9-11-17)21(29)26-12-4-2-3-5-13-26/h6-11,14-15H,2-5,12-13H2,1H3,(H,23,28)(H,25,30). The molecule has 0 aliphatic carbocycles. The van der Waals surface area contributed by atoms with Gasteiger partial charge in [0.15, 0.2) is 10.6 Å². The maximum absolute atomic E-state index is 12.9. The van der Waals surface area contributed by atoms with Gasteiger partial charge >= 0.3 is 0 Å². The Morgan fingerprint density at radius 3 is 2.48 bits per heavy atom. The van der Waals surface area contributed by atoms with Gasteiger partial charge < -0.3 is 10.2 Å². The molecule has 0 radical (unpaired) electrons. The van der Waals surface area contributed by atoms with E-state index in [-0.39, 0.29) is 11.8 Å². The lowest BCUT2D eigenvalue weighted by Gasteiger charge is -2.20. The first-order valence-electron chi connectivity index (χ1n) is 10.5. The van der Waals surface area contributed by atoms with Gasteiger partial charge in [0.05, 0.1) is 4.88 Å². The molecule has 0 saturated carbocycles. The number of nitrogens with one attached hydrogen (secondary N) is 2. The molecule has 9 heteroatoms. The van der Waals surface area contributed by atoms with Crippen LogP contribution in [0.5, 0.6) is 0 Å². The molecular weight excluding hydrogens is 430 g/mol. The number of amides is 2. The van der Waals surface area contributed by atoms with Gasteiger partial charge in [0.2, 0.25) is 5.91 Å². The highest BCUT2D eigenvalue weighted by atomic mass is 32.1. The third-order valence-corrected chi connectivity index (χ3v) is 6.66. The molecule has 1 unspecified atom stereocenters. The fourth-order valence-corrected chi connectivity index (χ4v) is 4.76. The molecule has 1 aliphatic rings. The predicted molar refractivity (Wildman–Crippen MR) is 125 cm³/mol. The number of aromatic amines is 1. The largest absolute Gasteiger partial charge is 0.339 e. The highest BCUT2D eigenvalue weighted by Gasteiger charge is 2.22. The maximum Gasteiger partial charge on any atom is 0.253 e. The van der Waals surface area contributed by atoms with E-state index < -0.39 is 6.04 Å². The van der Waals surface area contributed by atoms with Crippen molar-refractivity contribution in [2.45, 2.75) is 38.6 Å². The summed E-state index contributed by atoms with van der Waals surface area (Å²) in [7, 11) is 0. The topological polar surface area (TPSA) is 83.0 Å². The Hall–Kier alpha value is -2.78. The van der Waals surface area contributed by atoms with E-state index in [0.29, 0.717) is 21.8 Å². The number of anilines is 1. The minimum Gasteiger partial charge on any atom is -0.339 e. The maximum atomic E-state index is 12.9. The third kappa shape index (κ3) is 4.77. The van der Waals surface area contributed by atoms with Crippen molar-refractivity contribution in [3.05, 3.63) is 52.1 Å². The molecule has 1 aliphatic heterocycles. The van der Waals surface area contributed by atoms with Crippen molar-refractivity contribution in [1.82, 2.24) is 19.7 Å². The number of hydrogen-bond donors (Lipinski definition) is 2. The normalized spacial score (nSPS) is 15.3. The minimum atomic E-state index is -0.554. The zero-order chi connectivity index (χ0) is 21.8. The summed E-state index contributed by atoms with van der Waals surface area (Å²) < 4.78 is 2.11. The number of carbonyl (C=O) groups excluding carboxylic acids is 2. The van der Waals surface area contributed by atoms with Gasteiger partial charge in [-0.3, -0.25) is 19.3 Å². The van der Waals surface area contributed by atoms with Crippen LogP contribution in [-0.4, -0.2) is 44.6 Å². The van der Waals surface area contributed by atoms with Crippen LogP contribution in [0.2, 0.25) is 0 Å². The summed E-state index contributed by atoms with van der Waals surface area (Å²) in [6.07, 6.45) is 4.48. The quantitative estimate of drug-likeness (QED) is 0.537. The summed E-state index contributed by atoms with van der Waals surface area (Å²) in [5, 5.41) is 11.9. The Kier molecular flexibility index (Phi) is 6.62. The summed E-state index contributed by atoms with van der Waals surface area (Å²) in [6, 6.07) is 10.4. The molecule has 31 heavy (non-hydrogen) atoms. The van der Waals surface area contributed by atoms with Crippen LogP contribution in [0.3, 0.4) is 0 Å². The van der Waals surface area contributed by atoms with E-state index in [2.05, 4.69) is 15.5 Å². The summed E-state index contributed by atoms with van der Waals surface area (Å²) in [6.45, 7) is 3.41. The molecule has 2 aromatic heterocycles. The van der Waals surface area contributed by atoms with Crippen molar-refractivity contribution < 1.29 is 9.59 Å². The molecule has 1 fully saturated rings. The lowest BCUT2D eigenvalue weighted by Crippen LogP contribution is -2.31. The van der Waals surface area contributed by atoms with Gasteiger partial charge in [0, 0.05) is 24.3 Å². The second kappa shape index (κ2) is 9.57. The van der Waals surface area contributed by atoms with Gasteiger partial charge in [-0.15, -0.1) is 11.3 Å². The van der Waals surface area contributed by atoms with Gasteiger partial charge in [-0.25, -0.2) is 0 Å². The Morgan fingerprint density at radius 2 is 1.84 bits per heavy atom. The molecule has 7 nitrogen and oxygen atoms in total. The third-order valence-electron chi connectivity index (χ3n) is 5.51. The Labute approximate surface area is 190 Å². The highest BCUT2D eigenvalue weighted by Crippen LogP contribution is 2.26. The van der Waals surface area contributed by atoms with Crippen molar-refractivity contribution in [1.29, 1.82) is 0 Å². The van der Waals surface area contributed by atoms with Crippen molar-refractivity contribution in [3.8, 4) is 10.7 Å². The van der Waals surface area contributed by atoms with E-state index >= 15 is 0 Å². The highest BCUT2D eigenvalue weighted by molar-refractivity contribution is 7.71. The molecule has 4 rings (SSSR count). The number of nitrogens with zero attached hydrogens (tertiary/aromatic N) is 3. The van der Waals surface area contributed by atoms with E-state index in [9.17, 15) is 9.59 Å². The minimum absolute atomic E-state index is 0.0541. The molecular formula is C22H25N5O2S2. The van der Waals surface area contributed by atoms with Crippen LogP contribution in [0.25, 0.3) is 10.7 Å². The molecule has 1 aromatic carbocycles. The summed E-state index contributed by atoms with van der Waals surface area (Å²) in [5.74, 6) is 0.487. The Bertz CT molecular complexity index is 1090. The number of carbonyl (C=O) groups is 2. The number of likely N-dealkylation sites (tertiary alicyclic amines) is 1. The first-order chi connectivity index (χ1) is 15.0. The zero-order valence-corrected chi connectivity index (χ0v) is 19.0. The van der Waals surface area contributed by atoms with E-state index in [1.165, 1.54) is 24.2 Å². The first-order valence-corrected chi connectivity index (χ1v) is 11.7. The van der Waals surface area contributed by atoms with Gasteiger partial charge in [0.25, 0.3) is 5.91 Å². The monoisotopic (exact) mass is 455 g/mol. The Balaban J connectivity index is 1.45. The zero-order valence-electron chi connectivity index (χ0n) is 17.3. The van der Waals surface area contributed by atoms with E-state index in [4.69, 9.17) is 12.2 Å². The van der Waals surface area contributed by atoms with Crippen molar-refractivity contribution >= 4 is 41.1 Å². The van der Waals surface area contributed by atoms with Gasteiger partial charge in [-0.2, -0.15) is 5.10 Å². The number of aromatic nitrogens is 3. The summed E-state index contributed by atoms with van der Waals surface area (Å²) in [4.78, 5) is 28.5. The number of rotatable bonds is 5. The smallest absolute Gasteiger partial charge is 0.253 e. The van der Waals surface area contributed by atoms with E-state index in [0.717, 1.165) is 30.8 Å². The summed E-state index contributed by atoms with van der Waals surface area (Å²) >= 11 is 6.89. The second-order valence-corrected chi connectivity index (χ2v) is 8.98. The lowest BCUT2D eigenvalue weighted by atomic mass is 10.1. The fraction of sp³-hybridized carbons (Fsp3) is 0.364. The Morgan fingerprint density at radius 1 is 1.13 bits per heavy atom. The molecule has 1 atom stereocenters. The molecule has 3 heterocycles. The number of benzene rings is 1. The van der Waals surface area contributed by atoms with E-state index in [1.54, 1.807) is 35.8 Å². The van der Waals surface area contributed by atoms with Crippen LogP contribution in [0.4, 0.5) is 5.69 Å². The molecule has 2 N–H and O–H groups in total. The van der Waals surface area contributed by atoms with Crippen LogP contribution < -0.4 is 5.32 Å². The van der Waals surface area contributed by atoms with Crippen LogP contribution >= 0.6 is 23.6 Å². The molecule has 1 saturated heterocycles. The fourth-order valence-electron chi connectivity index (χ4n) is 3.76. The predicted octanol–water partition coefficient (Wildman–Crippen LogP) is 4.89. The van der Waals surface area contributed by atoms with Gasteiger partial charge in [-0.05, 0) is 67.7 Å². The van der Waals surface area contributed by atoms with Crippen molar-refractivity contribution in [2.75, 3.05) is 18.4 Å². The van der Waals surface area contributed by atoms with Gasteiger partial charge in [-0.1, -0.05) is 18.9 Å². The average Bonchev–Trinajstić information content (AvgIpc) is 3.35. The molecule has 0 bridgehead atoms. The van der Waals surface area contributed by atoms with Crippen LogP contribution in [-0.2, 0) is 4.79 Å². The van der Waals surface area contributed by atoms with Crippen molar-refractivity contribution in [3.63, 3.8) is 0 Å².